The van der Waals surface area contributed by atoms with Crippen molar-refractivity contribution >= 4 is 17.1 Å². The van der Waals surface area contributed by atoms with Gasteiger partial charge in [-0.25, -0.2) is 9.78 Å². The zero-order valence-electron chi connectivity index (χ0n) is 17.3. The molecule has 3 aromatic heterocycles. The van der Waals surface area contributed by atoms with Crippen LogP contribution in [-0.2, 0) is 27.2 Å². The quantitative estimate of drug-likeness (QED) is 0.483. The summed E-state index contributed by atoms with van der Waals surface area (Å²) in [5.41, 5.74) is 0.474. The molecule has 0 radical (unpaired) electrons. The van der Waals surface area contributed by atoms with Crippen molar-refractivity contribution in [3.8, 4) is 5.75 Å². The van der Waals surface area contributed by atoms with Gasteiger partial charge < -0.3 is 19.5 Å². The second-order valence-corrected chi connectivity index (χ2v) is 7.09. The SMILES string of the molecule is Cc1ccccc1OCc1ccc(C(=O)NCc2nc3c([nH]2)c(=O)n(C)c(=O)n3C)o1. The van der Waals surface area contributed by atoms with Gasteiger partial charge in [0.2, 0.25) is 0 Å². The topological polar surface area (TPSA) is 124 Å². The second kappa shape index (κ2) is 7.98. The molecular formula is C21H21N5O5. The van der Waals surface area contributed by atoms with Gasteiger partial charge in [-0.3, -0.25) is 18.7 Å². The Morgan fingerprint density at radius 1 is 1.16 bits per heavy atom. The van der Waals surface area contributed by atoms with Crippen molar-refractivity contribution < 1.29 is 13.9 Å². The van der Waals surface area contributed by atoms with E-state index in [4.69, 9.17) is 9.15 Å². The van der Waals surface area contributed by atoms with Crippen LogP contribution < -0.4 is 21.3 Å². The molecule has 0 saturated carbocycles. The standard InChI is InChI=1S/C21H21N5O5/c1-12-6-4-5-7-14(12)30-11-13-8-9-15(31-13)19(27)22-10-16-23-17-18(24-16)25(2)21(29)26(3)20(17)28/h4-9H,10-11H2,1-3H3,(H,22,27)(H,23,24). The van der Waals surface area contributed by atoms with Crippen LogP contribution in [0.1, 0.15) is 27.7 Å². The van der Waals surface area contributed by atoms with Crippen LogP contribution in [0.5, 0.6) is 5.75 Å². The summed E-state index contributed by atoms with van der Waals surface area (Å²) in [4.78, 5) is 43.7. The average molecular weight is 423 g/mol. The van der Waals surface area contributed by atoms with E-state index in [2.05, 4.69) is 15.3 Å². The van der Waals surface area contributed by atoms with Crippen LogP contribution in [0.4, 0.5) is 0 Å². The summed E-state index contributed by atoms with van der Waals surface area (Å²) in [7, 11) is 2.92. The smallest absolute Gasteiger partial charge is 0.332 e. The molecule has 0 atom stereocenters. The van der Waals surface area contributed by atoms with Crippen LogP contribution in [0, 0.1) is 6.92 Å². The van der Waals surface area contributed by atoms with Gasteiger partial charge in [0.15, 0.2) is 11.4 Å². The Kier molecular flexibility index (Phi) is 5.20. The lowest BCUT2D eigenvalue weighted by Crippen LogP contribution is -2.36. The second-order valence-electron chi connectivity index (χ2n) is 7.09. The van der Waals surface area contributed by atoms with E-state index < -0.39 is 17.2 Å². The number of aromatic nitrogens is 4. The minimum absolute atomic E-state index is 0.0284. The number of benzene rings is 1. The molecule has 160 valence electrons. The molecule has 10 nitrogen and oxygen atoms in total. The maximum atomic E-state index is 12.4. The number of carbonyl (C=O) groups is 1. The number of nitrogens with zero attached hydrogens (tertiary/aromatic N) is 3. The summed E-state index contributed by atoms with van der Waals surface area (Å²) in [5, 5.41) is 2.68. The molecule has 4 rings (SSSR count). The number of aromatic amines is 1. The first-order valence-corrected chi connectivity index (χ1v) is 9.55. The molecule has 0 unspecified atom stereocenters. The summed E-state index contributed by atoms with van der Waals surface area (Å²) in [6, 6.07) is 10.9. The lowest BCUT2D eigenvalue weighted by Gasteiger charge is -2.06. The van der Waals surface area contributed by atoms with Gasteiger partial charge in [-0.15, -0.1) is 0 Å². The molecular weight excluding hydrogens is 402 g/mol. The van der Waals surface area contributed by atoms with Gasteiger partial charge in [-0.2, -0.15) is 0 Å². The number of carbonyl (C=O) groups excluding carboxylic acids is 1. The molecule has 1 aromatic carbocycles. The molecule has 0 aliphatic rings. The van der Waals surface area contributed by atoms with E-state index in [0.717, 1.165) is 15.9 Å². The van der Waals surface area contributed by atoms with Crippen molar-refractivity contribution in [2.24, 2.45) is 14.1 Å². The maximum Gasteiger partial charge on any atom is 0.332 e. The number of nitrogens with one attached hydrogen (secondary N) is 2. The number of rotatable bonds is 6. The summed E-state index contributed by atoms with van der Waals surface area (Å²) in [6.45, 7) is 2.17. The molecule has 0 bridgehead atoms. The van der Waals surface area contributed by atoms with E-state index in [0.29, 0.717) is 11.6 Å². The van der Waals surface area contributed by atoms with E-state index in [1.54, 1.807) is 12.1 Å². The highest BCUT2D eigenvalue weighted by molar-refractivity contribution is 5.91. The normalized spacial score (nSPS) is 11.1. The molecule has 31 heavy (non-hydrogen) atoms. The Bertz CT molecular complexity index is 1390. The van der Waals surface area contributed by atoms with Crippen LogP contribution in [0.15, 0.2) is 50.4 Å². The van der Waals surface area contributed by atoms with Gasteiger partial charge in [0.1, 0.15) is 29.5 Å². The van der Waals surface area contributed by atoms with Crippen molar-refractivity contribution in [2.45, 2.75) is 20.1 Å². The highest BCUT2D eigenvalue weighted by atomic mass is 16.5. The minimum atomic E-state index is -0.479. The van der Waals surface area contributed by atoms with Gasteiger partial charge in [0.05, 0.1) is 6.54 Å². The fraction of sp³-hybridized carbons (Fsp3) is 0.238. The Balaban J connectivity index is 1.42. The van der Waals surface area contributed by atoms with Gasteiger partial charge in [0, 0.05) is 14.1 Å². The maximum absolute atomic E-state index is 12.4. The van der Waals surface area contributed by atoms with Crippen LogP contribution >= 0.6 is 0 Å². The van der Waals surface area contributed by atoms with E-state index in [1.165, 1.54) is 18.7 Å². The largest absolute Gasteiger partial charge is 0.485 e. The number of hydrogen-bond donors (Lipinski definition) is 2. The zero-order chi connectivity index (χ0) is 22.1. The molecule has 0 aliphatic carbocycles. The van der Waals surface area contributed by atoms with Gasteiger partial charge >= 0.3 is 5.69 Å². The number of aryl methyl sites for hydroxylation is 2. The van der Waals surface area contributed by atoms with Crippen molar-refractivity contribution in [1.82, 2.24) is 24.4 Å². The molecule has 10 heteroatoms. The summed E-state index contributed by atoms with van der Waals surface area (Å²) in [6.07, 6.45) is 0. The van der Waals surface area contributed by atoms with Crippen molar-refractivity contribution in [1.29, 1.82) is 0 Å². The Labute approximate surface area is 176 Å². The van der Waals surface area contributed by atoms with E-state index in [1.807, 2.05) is 31.2 Å². The third kappa shape index (κ3) is 3.87. The molecule has 0 fully saturated rings. The Hall–Kier alpha value is -4.08. The van der Waals surface area contributed by atoms with Crippen molar-refractivity contribution in [3.05, 3.63) is 80.1 Å². The van der Waals surface area contributed by atoms with Crippen LogP contribution in [0.25, 0.3) is 11.2 Å². The minimum Gasteiger partial charge on any atom is -0.485 e. The van der Waals surface area contributed by atoms with Crippen LogP contribution in [0.3, 0.4) is 0 Å². The molecule has 0 spiro atoms. The lowest BCUT2D eigenvalue weighted by atomic mass is 10.2. The number of imidazole rings is 1. The summed E-state index contributed by atoms with van der Waals surface area (Å²) in [5.74, 6) is 1.29. The Morgan fingerprint density at radius 3 is 2.71 bits per heavy atom. The van der Waals surface area contributed by atoms with Crippen molar-refractivity contribution in [2.75, 3.05) is 0 Å². The first-order chi connectivity index (χ1) is 14.8. The summed E-state index contributed by atoms with van der Waals surface area (Å²) >= 11 is 0. The lowest BCUT2D eigenvalue weighted by molar-refractivity contribution is 0.0918. The predicted octanol–water partition coefficient (Wildman–Crippen LogP) is 1.37. The van der Waals surface area contributed by atoms with Crippen LogP contribution in [-0.4, -0.2) is 25.0 Å². The average Bonchev–Trinajstić information content (AvgIpc) is 3.41. The number of ether oxygens (including phenoxy) is 1. The molecule has 0 saturated heterocycles. The first-order valence-electron chi connectivity index (χ1n) is 9.55. The molecule has 0 aliphatic heterocycles. The van der Waals surface area contributed by atoms with Gasteiger partial charge in [-0.1, -0.05) is 18.2 Å². The molecule has 1 amide bonds. The van der Waals surface area contributed by atoms with E-state index in [-0.39, 0.29) is 30.1 Å². The summed E-state index contributed by atoms with van der Waals surface area (Å²) < 4.78 is 13.5. The number of amides is 1. The number of furan rings is 1. The number of fused-ring (bicyclic) bond motifs is 1. The fourth-order valence-electron chi connectivity index (χ4n) is 3.15. The number of hydrogen-bond acceptors (Lipinski definition) is 6. The highest BCUT2D eigenvalue weighted by Crippen LogP contribution is 2.18. The van der Waals surface area contributed by atoms with E-state index in [9.17, 15) is 14.4 Å². The number of para-hydroxylation sites is 1. The van der Waals surface area contributed by atoms with Crippen LogP contribution in [0.2, 0.25) is 0 Å². The third-order valence-electron chi connectivity index (χ3n) is 4.91. The van der Waals surface area contributed by atoms with Gasteiger partial charge in [0.25, 0.3) is 11.5 Å². The molecule has 2 N–H and O–H groups in total. The fourth-order valence-corrected chi connectivity index (χ4v) is 3.15. The van der Waals surface area contributed by atoms with Crippen molar-refractivity contribution in [3.63, 3.8) is 0 Å². The monoisotopic (exact) mass is 423 g/mol. The third-order valence-corrected chi connectivity index (χ3v) is 4.91. The Morgan fingerprint density at radius 2 is 1.94 bits per heavy atom. The molecule has 4 aromatic rings. The predicted molar refractivity (Wildman–Crippen MR) is 112 cm³/mol. The van der Waals surface area contributed by atoms with Gasteiger partial charge in [-0.05, 0) is 30.7 Å². The van der Waals surface area contributed by atoms with E-state index >= 15 is 0 Å². The number of H-pyrrole nitrogens is 1. The molecule has 3 heterocycles. The zero-order valence-corrected chi connectivity index (χ0v) is 17.3. The highest BCUT2D eigenvalue weighted by Gasteiger charge is 2.16. The first kappa shape index (κ1) is 20.2.